The molecule has 3 fully saturated rings. The number of benzene rings is 1. The largest absolute Gasteiger partial charge is 0.331 e. The Balaban J connectivity index is 1.34. The fraction of sp³-hybridized carbons (Fsp3) is 0.440. The first-order valence-corrected chi connectivity index (χ1v) is 11.3. The van der Waals surface area contributed by atoms with Crippen molar-refractivity contribution in [2.75, 3.05) is 26.2 Å². The smallest absolute Gasteiger partial charge is 0.223 e. The maximum Gasteiger partial charge on any atom is 0.223 e. The number of aromatic nitrogens is 2. The lowest BCUT2D eigenvalue weighted by Crippen LogP contribution is -2.49. The molecule has 1 amide bonds. The van der Waals surface area contributed by atoms with E-state index < -0.39 is 0 Å². The predicted octanol–water partition coefficient (Wildman–Crippen LogP) is 3.54. The van der Waals surface area contributed by atoms with Crippen LogP contribution in [0, 0.1) is 11.8 Å². The number of nitrogens with zero attached hydrogens (tertiary/aromatic N) is 4. The molecule has 154 valence electrons. The summed E-state index contributed by atoms with van der Waals surface area (Å²) in [6, 6.07) is 13.0. The van der Waals surface area contributed by atoms with Gasteiger partial charge in [-0.05, 0) is 73.0 Å². The zero-order chi connectivity index (χ0) is 20.1. The van der Waals surface area contributed by atoms with Crippen LogP contribution < -0.4 is 0 Å². The normalized spacial score (nSPS) is 27.9. The van der Waals surface area contributed by atoms with E-state index in [0.29, 0.717) is 18.2 Å². The van der Waals surface area contributed by atoms with Gasteiger partial charge in [0.05, 0.1) is 24.1 Å². The maximum atomic E-state index is 13.6. The Kier molecular flexibility index (Phi) is 4.38. The molecule has 4 aliphatic heterocycles. The zero-order valence-electron chi connectivity index (χ0n) is 17.3. The van der Waals surface area contributed by atoms with Crippen molar-refractivity contribution in [1.82, 2.24) is 19.2 Å². The van der Waals surface area contributed by atoms with Gasteiger partial charge in [-0.2, -0.15) is 0 Å². The molecule has 0 aliphatic carbocycles. The molecule has 0 spiro atoms. The van der Waals surface area contributed by atoms with Crippen molar-refractivity contribution in [2.45, 2.75) is 31.7 Å². The van der Waals surface area contributed by atoms with Crippen molar-refractivity contribution in [1.29, 1.82) is 0 Å². The van der Waals surface area contributed by atoms with E-state index in [9.17, 15) is 4.79 Å². The van der Waals surface area contributed by atoms with Crippen molar-refractivity contribution in [3.8, 4) is 0 Å². The highest BCUT2D eigenvalue weighted by atomic mass is 16.2. The second-order valence-electron chi connectivity index (χ2n) is 9.23. The van der Waals surface area contributed by atoms with Crippen molar-refractivity contribution < 1.29 is 4.79 Å². The Morgan fingerprint density at radius 1 is 1.10 bits per heavy atom. The second kappa shape index (κ2) is 7.24. The lowest BCUT2D eigenvalue weighted by molar-refractivity contribution is -0.136. The van der Waals surface area contributed by atoms with Crippen LogP contribution in [0.2, 0.25) is 0 Å². The summed E-state index contributed by atoms with van der Waals surface area (Å²) in [5, 5.41) is 0. The van der Waals surface area contributed by atoms with E-state index in [1.165, 1.54) is 42.6 Å². The first kappa shape index (κ1) is 18.1. The van der Waals surface area contributed by atoms with Gasteiger partial charge >= 0.3 is 0 Å². The predicted molar refractivity (Wildman–Crippen MR) is 116 cm³/mol. The fourth-order valence-electron chi connectivity index (χ4n) is 5.96. The second-order valence-corrected chi connectivity index (χ2v) is 9.23. The highest BCUT2D eigenvalue weighted by molar-refractivity contribution is 5.78. The van der Waals surface area contributed by atoms with Gasteiger partial charge in [-0.1, -0.05) is 24.3 Å². The van der Waals surface area contributed by atoms with Crippen LogP contribution in [0.25, 0.3) is 5.52 Å². The third-order valence-electron chi connectivity index (χ3n) is 7.59. The number of amides is 1. The van der Waals surface area contributed by atoms with Gasteiger partial charge in [0, 0.05) is 25.7 Å². The van der Waals surface area contributed by atoms with E-state index >= 15 is 0 Å². The van der Waals surface area contributed by atoms with Gasteiger partial charge in [-0.15, -0.1) is 0 Å². The number of carbonyl (C=O) groups is 1. The van der Waals surface area contributed by atoms with Crippen molar-refractivity contribution >= 4 is 11.4 Å². The summed E-state index contributed by atoms with van der Waals surface area (Å²) in [4.78, 5) is 22.6. The van der Waals surface area contributed by atoms with Gasteiger partial charge in [-0.3, -0.25) is 4.79 Å². The van der Waals surface area contributed by atoms with Crippen LogP contribution in [0.15, 0.2) is 55.1 Å². The van der Waals surface area contributed by atoms with Crippen LogP contribution in [0.3, 0.4) is 0 Å². The van der Waals surface area contributed by atoms with Crippen molar-refractivity contribution in [3.05, 3.63) is 71.8 Å². The summed E-state index contributed by atoms with van der Waals surface area (Å²) in [5.41, 5.74) is 4.88. The summed E-state index contributed by atoms with van der Waals surface area (Å²) in [6.45, 7) is 4.35. The molecular formula is C25H28N4O. The number of rotatable bonds is 3. The topological polar surface area (TPSA) is 40.9 Å². The van der Waals surface area contributed by atoms with Gasteiger partial charge in [0.2, 0.25) is 5.91 Å². The Hall–Kier alpha value is -2.66. The van der Waals surface area contributed by atoms with E-state index in [2.05, 4.69) is 57.4 Å². The van der Waals surface area contributed by atoms with Crippen LogP contribution in [-0.4, -0.2) is 51.3 Å². The molecule has 30 heavy (non-hydrogen) atoms. The average molecular weight is 401 g/mol. The quantitative estimate of drug-likeness (QED) is 0.675. The number of hydrogen-bond acceptors (Lipinski definition) is 3. The van der Waals surface area contributed by atoms with Crippen molar-refractivity contribution in [3.63, 3.8) is 0 Å². The fourth-order valence-corrected chi connectivity index (χ4v) is 5.96. The molecule has 5 heteroatoms. The number of hydrogen-bond donors (Lipinski definition) is 0. The van der Waals surface area contributed by atoms with Gasteiger partial charge in [-0.25, -0.2) is 4.98 Å². The van der Waals surface area contributed by atoms with Crippen molar-refractivity contribution in [2.24, 2.45) is 11.8 Å². The number of imidazole rings is 1. The Labute approximate surface area is 177 Å². The number of carbonyl (C=O) groups excluding carboxylic acids is 1. The van der Waals surface area contributed by atoms with Gasteiger partial charge < -0.3 is 14.2 Å². The number of fused-ring (bicyclic) bond motifs is 5. The summed E-state index contributed by atoms with van der Waals surface area (Å²) in [6.07, 6.45) is 9.93. The van der Waals surface area contributed by atoms with Crippen LogP contribution in [0.1, 0.15) is 42.0 Å². The zero-order valence-corrected chi connectivity index (χ0v) is 17.3. The minimum absolute atomic E-state index is 0.0107. The molecule has 6 heterocycles. The molecule has 1 aromatic carbocycles. The summed E-state index contributed by atoms with van der Waals surface area (Å²) in [7, 11) is 0. The molecule has 0 saturated carbocycles. The molecular weight excluding hydrogens is 372 g/mol. The van der Waals surface area contributed by atoms with E-state index in [1.807, 2.05) is 16.9 Å². The minimum Gasteiger partial charge on any atom is -0.331 e. The first-order chi connectivity index (χ1) is 14.8. The summed E-state index contributed by atoms with van der Waals surface area (Å²) in [5.74, 6) is 1.58. The molecule has 7 rings (SSSR count). The van der Waals surface area contributed by atoms with Crippen LogP contribution in [0.4, 0.5) is 0 Å². The Bertz CT molecular complexity index is 1080. The lowest BCUT2D eigenvalue weighted by Gasteiger charge is -2.46. The molecule has 0 unspecified atom stereocenters. The lowest BCUT2D eigenvalue weighted by atomic mass is 9.77. The molecule has 4 aliphatic rings. The first-order valence-electron chi connectivity index (χ1n) is 11.3. The molecule has 0 radical (unpaired) electrons. The van der Waals surface area contributed by atoms with E-state index in [4.69, 9.17) is 0 Å². The summed E-state index contributed by atoms with van der Waals surface area (Å²) < 4.78 is 2.03. The SMILES string of the molecule is O=C(C[C@@H]1CN2CCC1CC2)N1CCc2ccccc2[C@H]1c1ccn2cncc2c1. The standard InChI is InChI=1S/C25H28N4O/c30-24(14-21-16-27-9-5-18(21)6-10-27)29-12-8-19-3-1-2-4-23(19)25(29)20-7-11-28-17-26-15-22(28)13-20/h1-4,7,11,13,15,17-18,21,25H,5-6,8-10,12,14,16H2/t21-,25-/m1/s1. The van der Waals surface area contributed by atoms with Gasteiger partial charge in [0.25, 0.3) is 0 Å². The van der Waals surface area contributed by atoms with Crippen LogP contribution >= 0.6 is 0 Å². The molecule has 3 aromatic rings. The molecule has 2 aromatic heterocycles. The highest BCUT2D eigenvalue weighted by Crippen LogP contribution is 2.39. The highest BCUT2D eigenvalue weighted by Gasteiger charge is 2.38. The maximum absolute atomic E-state index is 13.6. The molecule has 5 nitrogen and oxygen atoms in total. The minimum atomic E-state index is -0.0107. The third kappa shape index (κ3) is 3.03. The van der Waals surface area contributed by atoms with E-state index in [0.717, 1.165) is 30.9 Å². The Morgan fingerprint density at radius 3 is 2.80 bits per heavy atom. The number of piperidine rings is 3. The molecule has 3 saturated heterocycles. The van der Waals surface area contributed by atoms with Crippen LogP contribution in [0.5, 0.6) is 0 Å². The van der Waals surface area contributed by atoms with E-state index in [1.54, 1.807) is 0 Å². The third-order valence-corrected chi connectivity index (χ3v) is 7.59. The van der Waals surface area contributed by atoms with Crippen LogP contribution in [-0.2, 0) is 11.2 Å². The molecule has 2 atom stereocenters. The molecule has 2 bridgehead atoms. The van der Waals surface area contributed by atoms with Gasteiger partial charge in [0.1, 0.15) is 0 Å². The van der Waals surface area contributed by atoms with E-state index in [-0.39, 0.29) is 6.04 Å². The molecule has 0 N–H and O–H groups in total. The monoisotopic (exact) mass is 400 g/mol. The van der Waals surface area contributed by atoms with Gasteiger partial charge in [0.15, 0.2) is 0 Å². The summed E-state index contributed by atoms with van der Waals surface area (Å²) >= 11 is 0. The average Bonchev–Trinajstić information content (AvgIpc) is 3.27. The Morgan fingerprint density at radius 2 is 1.97 bits per heavy atom. The number of pyridine rings is 1.